The predicted molar refractivity (Wildman–Crippen MR) is 74.1 cm³/mol. The molecule has 1 atom stereocenters. The van der Waals surface area contributed by atoms with Gasteiger partial charge in [-0.25, -0.2) is 13.8 Å². The Labute approximate surface area is 138 Å². The molecule has 1 aliphatic rings. The van der Waals surface area contributed by atoms with Crippen LogP contribution in [0.5, 0.6) is 5.88 Å². The maximum atomic E-state index is 13.0. The number of hydrogen-bond donors (Lipinski definition) is 2. The SMILES string of the molecule is O=C(NCCOc1ncc(C(F)(F)F)cc1Cl)C1CC(F)(F)CN1. The standard InChI is InChI=1S/C13H13ClF5N3O2/c14-8-3-7(13(17,18)19)5-21-11(8)24-2-1-20-10(23)9-4-12(15,16)6-22-9/h3,5,9,22H,1-2,4,6H2,(H,20,23). The van der Waals surface area contributed by atoms with Gasteiger partial charge in [0.2, 0.25) is 11.8 Å². The van der Waals surface area contributed by atoms with Crippen LogP contribution in [-0.2, 0) is 11.0 Å². The van der Waals surface area contributed by atoms with Crippen LogP contribution in [0.2, 0.25) is 5.02 Å². The molecule has 0 saturated carbocycles. The van der Waals surface area contributed by atoms with Crippen molar-refractivity contribution in [3.8, 4) is 5.88 Å². The lowest BCUT2D eigenvalue weighted by Gasteiger charge is -2.12. The van der Waals surface area contributed by atoms with Crippen molar-refractivity contribution in [3.63, 3.8) is 0 Å². The van der Waals surface area contributed by atoms with E-state index in [0.29, 0.717) is 12.3 Å². The number of aromatic nitrogens is 1. The number of rotatable bonds is 5. The van der Waals surface area contributed by atoms with E-state index >= 15 is 0 Å². The van der Waals surface area contributed by atoms with Gasteiger partial charge in [-0.1, -0.05) is 11.6 Å². The molecule has 1 aliphatic heterocycles. The number of amides is 1. The number of nitrogens with one attached hydrogen (secondary N) is 2. The zero-order valence-electron chi connectivity index (χ0n) is 12.1. The van der Waals surface area contributed by atoms with Crippen LogP contribution in [0.25, 0.3) is 0 Å². The van der Waals surface area contributed by atoms with Gasteiger partial charge >= 0.3 is 6.18 Å². The average Bonchev–Trinajstić information content (AvgIpc) is 2.84. The first-order chi connectivity index (χ1) is 11.1. The van der Waals surface area contributed by atoms with Gasteiger partial charge in [-0.2, -0.15) is 13.2 Å². The van der Waals surface area contributed by atoms with Gasteiger partial charge in [0.15, 0.2) is 0 Å². The van der Waals surface area contributed by atoms with Crippen LogP contribution in [0.4, 0.5) is 22.0 Å². The Bertz CT molecular complexity index is 612. The highest BCUT2D eigenvalue weighted by Crippen LogP contribution is 2.33. The van der Waals surface area contributed by atoms with E-state index in [0.717, 1.165) is 0 Å². The average molecular weight is 374 g/mol. The summed E-state index contributed by atoms with van der Waals surface area (Å²) in [6, 6.07) is -0.319. The summed E-state index contributed by atoms with van der Waals surface area (Å²) >= 11 is 5.64. The lowest BCUT2D eigenvalue weighted by atomic mass is 10.2. The quantitative estimate of drug-likeness (QED) is 0.614. The molecule has 1 amide bonds. The third-order valence-corrected chi connectivity index (χ3v) is 3.47. The van der Waals surface area contributed by atoms with Crippen LogP contribution in [0.3, 0.4) is 0 Å². The largest absolute Gasteiger partial charge is 0.475 e. The Morgan fingerprint density at radius 3 is 2.75 bits per heavy atom. The fourth-order valence-corrected chi connectivity index (χ4v) is 2.25. The number of ether oxygens (including phenoxy) is 1. The van der Waals surface area contributed by atoms with E-state index < -0.39 is 42.6 Å². The number of pyridine rings is 1. The van der Waals surface area contributed by atoms with Gasteiger partial charge < -0.3 is 10.1 Å². The molecule has 1 aromatic heterocycles. The van der Waals surface area contributed by atoms with Gasteiger partial charge in [0.25, 0.3) is 5.92 Å². The zero-order valence-corrected chi connectivity index (χ0v) is 12.8. The molecule has 0 radical (unpaired) electrons. The molecular formula is C13H13ClF5N3O2. The van der Waals surface area contributed by atoms with Gasteiger partial charge in [0.05, 0.1) is 24.7 Å². The lowest BCUT2D eigenvalue weighted by molar-refractivity contribution is -0.137. The van der Waals surface area contributed by atoms with Crippen molar-refractivity contribution in [1.82, 2.24) is 15.6 Å². The van der Waals surface area contributed by atoms with Crippen molar-refractivity contribution >= 4 is 17.5 Å². The van der Waals surface area contributed by atoms with E-state index in [1.165, 1.54) is 0 Å². The number of carbonyl (C=O) groups is 1. The molecule has 134 valence electrons. The normalized spacial score (nSPS) is 20.0. The second-order valence-corrected chi connectivity index (χ2v) is 5.55. The van der Waals surface area contributed by atoms with Gasteiger partial charge in [0, 0.05) is 12.6 Å². The molecule has 11 heteroatoms. The highest BCUT2D eigenvalue weighted by molar-refractivity contribution is 6.31. The first kappa shape index (κ1) is 18.7. The van der Waals surface area contributed by atoms with E-state index in [9.17, 15) is 26.7 Å². The second-order valence-electron chi connectivity index (χ2n) is 5.14. The molecule has 0 aromatic carbocycles. The number of carbonyl (C=O) groups excluding carboxylic acids is 1. The number of alkyl halides is 5. The minimum atomic E-state index is -4.57. The van der Waals surface area contributed by atoms with Crippen molar-refractivity contribution in [2.75, 3.05) is 19.7 Å². The minimum absolute atomic E-state index is 0.0401. The molecule has 0 spiro atoms. The third kappa shape index (κ3) is 4.91. The molecule has 1 saturated heterocycles. The first-order valence-corrected chi connectivity index (χ1v) is 7.21. The Balaban J connectivity index is 1.77. The Morgan fingerprint density at radius 2 is 2.21 bits per heavy atom. The molecule has 2 heterocycles. The van der Waals surface area contributed by atoms with Gasteiger partial charge in [0.1, 0.15) is 11.6 Å². The van der Waals surface area contributed by atoms with Crippen molar-refractivity contribution in [2.24, 2.45) is 0 Å². The summed E-state index contributed by atoms with van der Waals surface area (Å²) in [6.45, 7) is -0.735. The minimum Gasteiger partial charge on any atom is -0.475 e. The molecule has 0 aliphatic carbocycles. The molecule has 5 nitrogen and oxygen atoms in total. The van der Waals surface area contributed by atoms with Crippen LogP contribution in [0.15, 0.2) is 12.3 Å². The summed E-state index contributed by atoms with van der Waals surface area (Å²) in [4.78, 5) is 15.1. The highest BCUT2D eigenvalue weighted by Gasteiger charge is 2.42. The van der Waals surface area contributed by atoms with Gasteiger partial charge in [-0.15, -0.1) is 0 Å². The second kappa shape index (κ2) is 7.06. The summed E-state index contributed by atoms with van der Waals surface area (Å²) in [5.41, 5.74) is -1.01. The molecule has 1 unspecified atom stereocenters. The van der Waals surface area contributed by atoms with Crippen LogP contribution >= 0.6 is 11.6 Å². The fourth-order valence-electron chi connectivity index (χ4n) is 2.03. The summed E-state index contributed by atoms with van der Waals surface area (Å²) in [7, 11) is 0. The third-order valence-electron chi connectivity index (χ3n) is 3.20. The zero-order chi connectivity index (χ0) is 18.0. The fraction of sp³-hybridized carbons (Fsp3) is 0.538. The van der Waals surface area contributed by atoms with Crippen LogP contribution in [-0.4, -0.2) is 42.6 Å². The summed E-state index contributed by atoms with van der Waals surface area (Å²) < 4.78 is 68.3. The Kier molecular flexibility index (Phi) is 5.49. The maximum Gasteiger partial charge on any atom is 0.417 e. The van der Waals surface area contributed by atoms with Crippen molar-refractivity contribution < 1.29 is 31.5 Å². The van der Waals surface area contributed by atoms with Crippen molar-refractivity contribution in [1.29, 1.82) is 0 Å². The van der Waals surface area contributed by atoms with E-state index in [4.69, 9.17) is 16.3 Å². The van der Waals surface area contributed by atoms with E-state index in [1.54, 1.807) is 0 Å². The number of hydrogen-bond acceptors (Lipinski definition) is 4. The maximum absolute atomic E-state index is 13.0. The van der Waals surface area contributed by atoms with Crippen molar-refractivity contribution in [3.05, 3.63) is 22.8 Å². The molecule has 0 bridgehead atoms. The highest BCUT2D eigenvalue weighted by atomic mass is 35.5. The lowest BCUT2D eigenvalue weighted by Crippen LogP contribution is -2.41. The monoisotopic (exact) mass is 373 g/mol. The van der Waals surface area contributed by atoms with Gasteiger partial charge in [-0.05, 0) is 6.07 Å². The number of nitrogens with zero attached hydrogens (tertiary/aromatic N) is 1. The van der Waals surface area contributed by atoms with E-state index in [1.807, 2.05) is 0 Å². The van der Waals surface area contributed by atoms with Crippen LogP contribution in [0, 0.1) is 0 Å². The molecule has 1 aromatic rings. The molecule has 2 N–H and O–H groups in total. The number of halogens is 6. The van der Waals surface area contributed by atoms with Crippen LogP contribution < -0.4 is 15.4 Å². The summed E-state index contributed by atoms with van der Waals surface area (Å²) in [5.74, 6) is -3.75. The Hall–Kier alpha value is -1.68. The first-order valence-electron chi connectivity index (χ1n) is 6.83. The predicted octanol–water partition coefficient (Wildman–Crippen LogP) is 2.25. The molecule has 2 rings (SSSR count). The topological polar surface area (TPSA) is 63.2 Å². The summed E-state index contributed by atoms with van der Waals surface area (Å²) in [5, 5.41) is 4.44. The van der Waals surface area contributed by atoms with Gasteiger partial charge in [-0.3, -0.25) is 10.1 Å². The smallest absolute Gasteiger partial charge is 0.417 e. The molecule has 24 heavy (non-hydrogen) atoms. The molecular weight excluding hydrogens is 361 g/mol. The Morgan fingerprint density at radius 1 is 1.50 bits per heavy atom. The van der Waals surface area contributed by atoms with Crippen molar-refractivity contribution in [2.45, 2.75) is 24.6 Å². The molecule has 1 fully saturated rings. The summed E-state index contributed by atoms with van der Waals surface area (Å²) in [6.07, 6.45) is -4.59. The van der Waals surface area contributed by atoms with E-state index in [-0.39, 0.29) is 24.1 Å². The van der Waals surface area contributed by atoms with E-state index in [2.05, 4.69) is 15.6 Å². The van der Waals surface area contributed by atoms with Crippen LogP contribution in [0.1, 0.15) is 12.0 Å².